The van der Waals surface area contributed by atoms with E-state index in [-0.39, 0.29) is 11.2 Å². The van der Waals surface area contributed by atoms with Crippen LogP contribution < -0.4 is 5.32 Å². The largest absolute Gasteiger partial charge is 0.324 e. The third-order valence-corrected chi connectivity index (χ3v) is 4.35. The number of H-pyrrole nitrogens is 1. The van der Waals surface area contributed by atoms with Crippen molar-refractivity contribution in [3.05, 3.63) is 30.1 Å². The fourth-order valence-electron chi connectivity index (χ4n) is 1.57. The summed E-state index contributed by atoms with van der Waals surface area (Å²) in [4.78, 5) is 17.4. The molecule has 20 heavy (non-hydrogen) atoms. The van der Waals surface area contributed by atoms with E-state index in [4.69, 9.17) is 0 Å². The molecule has 1 atom stereocenters. The summed E-state index contributed by atoms with van der Waals surface area (Å²) in [6, 6.07) is 7.75. The molecule has 1 unspecified atom stereocenters. The standard InChI is InChI=1S/C13H16N4OS2/c1-8(20-13-14-9(2)16-17-13)12(18)15-10-6-4-5-7-11(10)19-3/h4-8H,1-3H3,(H,15,18)(H,14,16,17). The average molecular weight is 308 g/mol. The summed E-state index contributed by atoms with van der Waals surface area (Å²) in [5.41, 5.74) is 0.837. The maximum atomic E-state index is 12.2. The van der Waals surface area contributed by atoms with Crippen LogP contribution in [0.2, 0.25) is 0 Å². The van der Waals surface area contributed by atoms with Crippen LogP contribution in [0.3, 0.4) is 0 Å². The number of amides is 1. The van der Waals surface area contributed by atoms with E-state index in [9.17, 15) is 4.79 Å². The summed E-state index contributed by atoms with van der Waals surface area (Å²) >= 11 is 2.94. The Labute approximate surface area is 126 Å². The number of aryl methyl sites for hydroxylation is 1. The monoisotopic (exact) mass is 308 g/mol. The molecule has 106 valence electrons. The van der Waals surface area contributed by atoms with Crippen molar-refractivity contribution in [1.82, 2.24) is 15.2 Å². The molecule has 2 N–H and O–H groups in total. The molecule has 1 aromatic heterocycles. The number of carbonyl (C=O) groups excluding carboxylic acids is 1. The van der Waals surface area contributed by atoms with Crippen molar-refractivity contribution >= 4 is 35.1 Å². The number of aromatic nitrogens is 3. The summed E-state index contributed by atoms with van der Waals surface area (Å²) in [5.74, 6) is 0.687. The fraction of sp³-hybridized carbons (Fsp3) is 0.308. The molecule has 2 aromatic rings. The first-order valence-electron chi connectivity index (χ1n) is 6.09. The van der Waals surface area contributed by atoms with E-state index in [0.29, 0.717) is 5.16 Å². The number of benzene rings is 1. The van der Waals surface area contributed by atoms with Crippen LogP contribution in [-0.2, 0) is 4.79 Å². The molecule has 0 aliphatic rings. The van der Waals surface area contributed by atoms with Crippen LogP contribution in [0.25, 0.3) is 0 Å². The molecule has 0 aliphatic carbocycles. The van der Waals surface area contributed by atoms with Crippen molar-refractivity contribution < 1.29 is 4.79 Å². The molecule has 1 heterocycles. The van der Waals surface area contributed by atoms with Crippen LogP contribution in [-0.4, -0.2) is 32.6 Å². The van der Waals surface area contributed by atoms with Gasteiger partial charge in [0.1, 0.15) is 5.82 Å². The van der Waals surface area contributed by atoms with Crippen LogP contribution >= 0.6 is 23.5 Å². The van der Waals surface area contributed by atoms with E-state index in [1.165, 1.54) is 11.8 Å². The Morgan fingerprint density at radius 2 is 2.15 bits per heavy atom. The Hall–Kier alpha value is -1.47. The van der Waals surface area contributed by atoms with Gasteiger partial charge in [0.25, 0.3) is 0 Å². The van der Waals surface area contributed by atoms with Gasteiger partial charge in [-0.25, -0.2) is 4.98 Å². The lowest BCUT2D eigenvalue weighted by atomic mass is 10.3. The van der Waals surface area contributed by atoms with Crippen LogP contribution in [0.4, 0.5) is 5.69 Å². The summed E-state index contributed by atoms with van der Waals surface area (Å²) in [6.07, 6.45) is 1.99. The molecular formula is C13H16N4OS2. The zero-order chi connectivity index (χ0) is 14.5. The molecule has 0 bridgehead atoms. The topological polar surface area (TPSA) is 70.7 Å². The molecule has 1 aromatic carbocycles. The lowest BCUT2D eigenvalue weighted by Gasteiger charge is -2.12. The minimum atomic E-state index is -0.264. The van der Waals surface area contributed by atoms with E-state index in [1.807, 2.05) is 44.4 Å². The molecule has 7 heteroatoms. The third kappa shape index (κ3) is 3.77. The molecule has 1 amide bonds. The van der Waals surface area contributed by atoms with Crippen molar-refractivity contribution in [1.29, 1.82) is 0 Å². The summed E-state index contributed by atoms with van der Waals surface area (Å²) in [5, 5.41) is 10.1. The average Bonchev–Trinajstić information content (AvgIpc) is 2.84. The zero-order valence-electron chi connectivity index (χ0n) is 11.5. The predicted octanol–water partition coefficient (Wildman–Crippen LogP) is 2.95. The number of hydrogen-bond donors (Lipinski definition) is 2. The minimum absolute atomic E-state index is 0.0565. The molecule has 0 saturated carbocycles. The summed E-state index contributed by atoms with van der Waals surface area (Å²) in [7, 11) is 0. The number of nitrogens with zero attached hydrogens (tertiary/aromatic N) is 2. The van der Waals surface area contributed by atoms with Gasteiger partial charge in [0, 0.05) is 4.90 Å². The molecule has 0 spiro atoms. The number of aromatic amines is 1. The second-order valence-corrected chi connectivity index (χ2v) is 6.31. The van der Waals surface area contributed by atoms with Gasteiger partial charge >= 0.3 is 0 Å². The second-order valence-electron chi connectivity index (χ2n) is 4.15. The quantitative estimate of drug-likeness (QED) is 0.831. The van der Waals surface area contributed by atoms with E-state index in [2.05, 4.69) is 20.5 Å². The Kier molecular flexibility index (Phi) is 5.08. The van der Waals surface area contributed by atoms with Gasteiger partial charge in [-0.3, -0.25) is 9.89 Å². The van der Waals surface area contributed by atoms with Crippen molar-refractivity contribution in [2.45, 2.75) is 29.1 Å². The highest BCUT2D eigenvalue weighted by Gasteiger charge is 2.17. The first kappa shape index (κ1) is 14.9. The molecule has 0 fully saturated rings. The van der Waals surface area contributed by atoms with Gasteiger partial charge in [-0.15, -0.1) is 16.9 Å². The van der Waals surface area contributed by atoms with Gasteiger partial charge in [0.2, 0.25) is 11.1 Å². The zero-order valence-corrected chi connectivity index (χ0v) is 13.1. The molecule has 2 rings (SSSR count). The highest BCUT2D eigenvalue weighted by Crippen LogP contribution is 2.26. The number of carbonyl (C=O) groups is 1. The highest BCUT2D eigenvalue weighted by molar-refractivity contribution is 8.00. The molecule has 0 aliphatic heterocycles. The Morgan fingerprint density at radius 3 is 2.80 bits per heavy atom. The van der Waals surface area contributed by atoms with Gasteiger partial charge in [0.15, 0.2) is 0 Å². The maximum absolute atomic E-state index is 12.2. The van der Waals surface area contributed by atoms with Crippen molar-refractivity contribution in [3.8, 4) is 0 Å². The molecule has 0 radical (unpaired) electrons. The summed E-state index contributed by atoms with van der Waals surface area (Å²) in [6.45, 7) is 3.67. The normalized spacial score (nSPS) is 12.2. The number of hydrogen-bond acceptors (Lipinski definition) is 5. The van der Waals surface area contributed by atoms with Crippen molar-refractivity contribution in [2.75, 3.05) is 11.6 Å². The Morgan fingerprint density at radius 1 is 1.40 bits per heavy atom. The second kappa shape index (κ2) is 6.81. The fourth-order valence-corrected chi connectivity index (χ4v) is 2.89. The smallest absolute Gasteiger partial charge is 0.237 e. The van der Waals surface area contributed by atoms with Gasteiger partial charge in [-0.1, -0.05) is 23.9 Å². The van der Waals surface area contributed by atoms with Crippen LogP contribution in [0.5, 0.6) is 0 Å². The van der Waals surface area contributed by atoms with Crippen molar-refractivity contribution in [3.63, 3.8) is 0 Å². The minimum Gasteiger partial charge on any atom is -0.324 e. The van der Waals surface area contributed by atoms with Crippen LogP contribution in [0.15, 0.2) is 34.3 Å². The van der Waals surface area contributed by atoms with Crippen LogP contribution in [0, 0.1) is 6.92 Å². The van der Waals surface area contributed by atoms with E-state index in [0.717, 1.165) is 16.4 Å². The number of thioether (sulfide) groups is 2. The number of rotatable bonds is 5. The first-order chi connectivity index (χ1) is 9.60. The van der Waals surface area contributed by atoms with Gasteiger partial charge in [-0.2, -0.15) is 0 Å². The number of anilines is 1. The summed E-state index contributed by atoms with van der Waals surface area (Å²) < 4.78 is 0. The first-order valence-corrected chi connectivity index (χ1v) is 8.20. The lowest BCUT2D eigenvalue weighted by molar-refractivity contribution is -0.115. The highest BCUT2D eigenvalue weighted by atomic mass is 32.2. The van der Waals surface area contributed by atoms with Gasteiger partial charge < -0.3 is 5.32 Å². The third-order valence-electron chi connectivity index (χ3n) is 2.59. The van der Waals surface area contributed by atoms with Gasteiger partial charge in [0.05, 0.1) is 10.9 Å². The van der Waals surface area contributed by atoms with E-state index in [1.54, 1.807) is 11.8 Å². The Balaban J connectivity index is 2.00. The predicted molar refractivity (Wildman–Crippen MR) is 83.3 cm³/mol. The number of para-hydroxylation sites is 1. The SMILES string of the molecule is CSc1ccccc1NC(=O)C(C)Sc1n[nH]c(C)n1. The van der Waals surface area contributed by atoms with Crippen LogP contribution in [0.1, 0.15) is 12.7 Å². The molecular weight excluding hydrogens is 292 g/mol. The maximum Gasteiger partial charge on any atom is 0.237 e. The molecule has 0 saturated heterocycles. The lowest BCUT2D eigenvalue weighted by Crippen LogP contribution is -2.22. The Bertz CT molecular complexity index is 600. The van der Waals surface area contributed by atoms with E-state index >= 15 is 0 Å². The van der Waals surface area contributed by atoms with Crippen molar-refractivity contribution in [2.24, 2.45) is 0 Å². The number of nitrogens with one attached hydrogen (secondary N) is 2. The van der Waals surface area contributed by atoms with Gasteiger partial charge in [-0.05, 0) is 32.2 Å². The molecule has 5 nitrogen and oxygen atoms in total. The van der Waals surface area contributed by atoms with E-state index < -0.39 is 0 Å².